The number of unbranched alkanes of at least 4 members (excludes halogenated alkanes) is 1. The van der Waals surface area contributed by atoms with Crippen molar-refractivity contribution in [1.82, 2.24) is 5.32 Å². The number of alkyl halides is 3. The highest BCUT2D eigenvalue weighted by molar-refractivity contribution is 7.90. The smallest absolute Gasteiger partial charge is 0.376 e. The average Bonchev–Trinajstić information content (AvgIpc) is 3.08. The highest BCUT2D eigenvalue weighted by atomic mass is 32.2. The molecule has 49 heavy (non-hydrogen) atoms. The first-order valence-electron chi connectivity index (χ1n) is 16.0. The fourth-order valence-corrected chi connectivity index (χ4v) is 6.35. The number of carbonyl (C=O) groups is 3. The molecule has 1 fully saturated rings. The molecule has 3 amide bonds. The number of carboxylic acid groups (broad SMARTS) is 1. The Hall–Kier alpha value is -4.59. The van der Waals surface area contributed by atoms with E-state index >= 15 is 0 Å². The molecule has 0 atom stereocenters. The van der Waals surface area contributed by atoms with Crippen molar-refractivity contribution in [2.24, 2.45) is 0 Å². The van der Waals surface area contributed by atoms with Crippen LogP contribution in [0.4, 0.5) is 29.3 Å². The molecular weight excluding hydrogens is 663 g/mol. The molecule has 0 spiro atoms. The number of hydrogen-bond acceptors (Lipinski definition) is 6. The van der Waals surface area contributed by atoms with Crippen molar-refractivity contribution in [1.29, 1.82) is 0 Å². The Labute approximate surface area is 283 Å². The van der Waals surface area contributed by atoms with E-state index in [1.165, 1.54) is 59.3 Å². The number of carboxylic acids is 1. The second-order valence-electron chi connectivity index (χ2n) is 12.0. The van der Waals surface area contributed by atoms with E-state index < -0.39 is 46.9 Å². The van der Waals surface area contributed by atoms with Crippen LogP contribution in [0.3, 0.4) is 0 Å². The van der Waals surface area contributed by atoms with Gasteiger partial charge in [0.1, 0.15) is 10.6 Å². The first kappa shape index (κ1) is 37.2. The molecule has 0 bridgehead atoms. The maximum Gasteiger partial charge on any atom is 0.376 e. The summed E-state index contributed by atoms with van der Waals surface area (Å²) in [6.07, 6.45) is 7.42. The number of aliphatic carboxylic acids is 1. The molecule has 0 aliphatic heterocycles. The van der Waals surface area contributed by atoms with E-state index in [0.717, 1.165) is 31.9 Å². The molecule has 0 aromatic heterocycles. The highest BCUT2D eigenvalue weighted by Gasteiger charge is 2.39. The van der Waals surface area contributed by atoms with Gasteiger partial charge < -0.3 is 20.5 Å². The van der Waals surface area contributed by atoms with Gasteiger partial charge in [0.05, 0.1) is 26.4 Å². The van der Waals surface area contributed by atoms with Gasteiger partial charge in [0.25, 0.3) is 5.91 Å². The van der Waals surface area contributed by atoms with Crippen LogP contribution in [-0.4, -0.2) is 63.4 Å². The molecule has 0 radical (unpaired) electrons. The molecule has 1 aliphatic rings. The molecule has 264 valence electrons. The zero-order chi connectivity index (χ0) is 35.6. The summed E-state index contributed by atoms with van der Waals surface area (Å²) in [6, 6.07) is 17.1. The van der Waals surface area contributed by atoms with Gasteiger partial charge in [0, 0.05) is 23.2 Å². The average molecular weight is 704 g/mol. The van der Waals surface area contributed by atoms with Crippen LogP contribution in [0, 0.1) is 0 Å². The van der Waals surface area contributed by atoms with Gasteiger partial charge in [0.2, 0.25) is 0 Å². The molecule has 0 heterocycles. The van der Waals surface area contributed by atoms with E-state index in [9.17, 15) is 36.0 Å². The van der Waals surface area contributed by atoms with Crippen LogP contribution in [0.5, 0.6) is 5.75 Å². The molecule has 3 aromatic carbocycles. The first-order chi connectivity index (χ1) is 23.3. The maximum absolute atomic E-state index is 13.8. The number of nitrogens with one attached hydrogen (secondary N) is 2. The topological polar surface area (TPSA) is 142 Å². The Balaban J connectivity index is 1.56. The summed E-state index contributed by atoms with van der Waals surface area (Å²) >= 11 is 0. The molecule has 0 unspecified atom stereocenters. The summed E-state index contributed by atoms with van der Waals surface area (Å²) in [7, 11) is -3.77. The summed E-state index contributed by atoms with van der Waals surface area (Å²) in [5.41, 5.74) is 2.50. The zero-order valence-electron chi connectivity index (χ0n) is 27.1. The second-order valence-corrected chi connectivity index (χ2v) is 14.0. The maximum atomic E-state index is 13.8. The number of amides is 3. The van der Waals surface area contributed by atoms with Crippen LogP contribution in [0.1, 0.15) is 72.3 Å². The van der Waals surface area contributed by atoms with Gasteiger partial charge in [-0.15, -0.1) is 0 Å². The minimum absolute atomic E-state index is 0.0121. The number of rotatable bonds is 15. The number of hydrogen-bond donors (Lipinski definition) is 3. The first-order valence-corrected chi connectivity index (χ1v) is 17.9. The predicted molar refractivity (Wildman–Crippen MR) is 179 cm³/mol. The fourth-order valence-electron chi connectivity index (χ4n) is 5.52. The van der Waals surface area contributed by atoms with Crippen molar-refractivity contribution in [3.05, 3.63) is 83.4 Å². The lowest BCUT2D eigenvalue weighted by molar-refractivity contribution is -0.163. The summed E-state index contributed by atoms with van der Waals surface area (Å²) in [4.78, 5) is 38.2. The van der Waals surface area contributed by atoms with E-state index in [2.05, 4.69) is 5.32 Å². The zero-order valence-corrected chi connectivity index (χ0v) is 27.9. The van der Waals surface area contributed by atoms with Crippen molar-refractivity contribution in [2.45, 2.75) is 68.2 Å². The van der Waals surface area contributed by atoms with Crippen molar-refractivity contribution in [3.8, 4) is 5.75 Å². The normalized spacial score (nSPS) is 13.8. The van der Waals surface area contributed by atoms with Crippen molar-refractivity contribution < 1.29 is 45.8 Å². The molecule has 14 heteroatoms. The Morgan fingerprint density at radius 3 is 2.24 bits per heavy atom. The summed E-state index contributed by atoms with van der Waals surface area (Å²) in [5.74, 6) is -6.84. The van der Waals surface area contributed by atoms with Crippen LogP contribution in [0.25, 0.3) is 0 Å². The van der Waals surface area contributed by atoms with Crippen LogP contribution in [-0.2, 0) is 21.2 Å². The minimum atomic E-state index is -4.12. The van der Waals surface area contributed by atoms with Gasteiger partial charge >= 0.3 is 17.9 Å². The third kappa shape index (κ3) is 10.4. The van der Waals surface area contributed by atoms with Crippen molar-refractivity contribution in [3.63, 3.8) is 0 Å². The van der Waals surface area contributed by atoms with Gasteiger partial charge in [0.15, 0.2) is 9.84 Å². The Bertz CT molecular complexity index is 1710. The summed E-state index contributed by atoms with van der Waals surface area (Å²) in [5, 5.41) is 13.3. The van der Waals surface area contributed by atoms with E-state index in [0.29, 0.717) is 23.6 Å². The molecule has 1 saturated carbocycles. The van der Waals surface area contributed by atoms with E-state index in [-0.39, 0.29) is 41.5 Å². The number of anilines is 2. The third-order valence-corrected chi connectivity index (χ3v) is 9.37. The molecule has 4 rings (SSSR count). The number of urea groups is 1. The highest BCUT2D eigenvalue weighted by Crippen LogP contribution is 2.34. The van der Waals surface area contributed by atoms with Gasteiger partial charge in [-0.25, -0.2) is 18.0 Å². The third-order valence-electron chi connectivity index (χ3n) is 8.25. The molecule has 3 aromatic rings. The van der Waals surface area contributed by atoms with Gasteiger partial charge in [-0.1, -0.05) is 43.5 Å². The summed E-state index contributed by atoms with van der Waals surface area (Å²) in [6.45, 7) is -1.75. The monoisotopic (exact) mass is 703 g/mol. The standard InChI is InChI=1S/C35H40F3N3O7S/c1-49(46,47)31-21-28(15-18-30(31)48-20-6-5-19-36)40-34(45)41(29-16-13-26(14-17-29)25-7-3-2-4-8-25)22-24-9-11-27(12-10-24)32(42)39-23-35(37,38)33(43)44/h9-18,21,25H,2-8,19-20,22-23H2,1H3,(H,39,42)(H,40,45)(H,43,44). The fraction of sp³-hybridized carbons (Fsp3) is 0.400. The number of ether oxygens (including phenoxy) is 1. The van der Waals surface area contributed by atoms with Gasteiger partial charge in [-0.05, 0) is 85.2 Å². The summed E-state index contributed by atoms with van der Waals surface area (Å²) < 4.78 is 70.1. The van der Waals surface area contributed by atoms with Gasteiger partial charge in [-0.2, -0.15) is 8.78 Å². The van der Waals surface area contributed by atoms with Crippen molar-refractivity contribution >= 4 is 39.1 Å². The molecule has 10 nitrogen and oxygen atoms in total. The lowest BCUT2D eigenvalue weighted by Gasteiger charge is -2.26. The van der Waals surface area contributed by atoms with Crippen LogP contribution in [0.2, 0.25) is 0 Å². The number of halogens is 3. The van der Waals surface area contributed by atoms with Crippen molar-refractivity contribution in [2.75, 3.05) is 36.3 Å². The Kier molecular flexibility index (Phi) is 12.7. The molecule has 3 N–H and O–H groups in total. The van der Waals surface area contributed by atoms with Crippen LogP contribution >= 0.6 is 0 Å². The molecule has 0 saturated heterocycles. The van der Waals surface area contributed by atoms with E-state index in [1.54, 1.807) is 0 Å². The molecular formula is C35H40F3N3O7S. The molecule has 1 aliphatic carbocycles. The lowest BCUT2D eigenvalue weighted by atomic mass is 9.84. The number of carbonyl (C=O) groups excluding carboxylic acids is 2. The Morgan fingerprint density at radius 1 is 0.959 bits per heavy atom. The quantitative estimate of drug-likeness (QED) is 0.145. The minimum Gasteiger partial charge on any atom is -0.492 e. The lowest BCUT2D eigenvalue weighted by Crippen LogP contribution is -2.42. The van der Waals surface area contributed by atoms with Crippen LogP contribution < -0.4 is 20.3 Å². The number of benzene rings is 3. The van der Waals surface area contributed by atoms with Gasteiger partial charge in [-0.3, -0.25) is 14.1 Å². The number of nitrogens with zero attached hydrogens (tertiary/aromatic N) is 1. The van der Waals surface area contributed by atoms with E-state index in [4.69, 9.17) is 9.84 Å². The number of sulfone groups is 1. The SMILES string of the molecule is CS(=O)(=O)c1cc(NC(=O)N(Cc2ccc(C(=O)NCC(F)(F)C(=O)O)cc2)c2ccc(C3CCCCC3)cc2)ccc1OCCCCF. The van der Waals surface area contributed by atoms with E-state index in [1.807, 2.05) is 29.6 Å². The second kappa shape index (κ2) is 16.7. The van der Waals surface area contributed by atoms with Crippen LogP contribution in [0.15, 0.2) is 71.6 Å². The predicted octanol–water partition coefficient (Wildman–Crippen LogP) is 6.95. The largest absolute Gasteiger partial charge is 0.492 e. The Morgan fingerprint density at radius 2 is 1.63 bits per heavy atom.